The molecule has 1 aliphatic heterocycles. The fraction of sp³-hybridized carbons (Fsp3) is 0.273. The van der Waals surface area contributed by atoms with Crippen molar-refractivity contribution in [3.05, 3.63) is 30.3 Å². The molecule has 1 atom stereocenters. The largest absolute Gasteiger partial charge is 0.488 e. The Balaban J connectivity index is 2.35. The zero-order chi connectivity index (χ0) is 14.9. The third kappa shape index (κ3) is 2.60. The molecule has 1 aliphatic rings. The molecule has 0 aliphatic carbocycles. The van der Waals surface area contributed by atoms with E-state index in [1.807, 2.05) is 0 Å². The number of ether oxygens (including phenoxy) is 1. The van der Waals surface area contributed by atoms with Crippen LogP contribution in [0, 0.1) is 0 Å². The Hall–Kier alpha value is -2.45. The Bertz CT molecular complexity index is 521. The van der Waals surface area contributed by atoms with Crippen LogP contribution < -0.4 is 10.6 Å². The van der Waals surface area contributed by atoms with Gasteiger partial charge in [0, 0.05) is 5.69 Å². The number of hydrogen-bond donors (Lipinski definition) is 1. The van der Waals surface area contributed by atoms with E-state index in [1.165, 1.54) is 12.1 Å². The number of benzene rings is 1. The first-order valence-electron chi connectivity index (χ1n) is 5.49. The monoisotopic (exact) mass is 289 g/mol. The lowest BCUT2D eigenvalue weighted by molar-refractivity contribution is -0.221. The van der Waals surface area contributed by atoms with Crippen molar-refractivity contribution in [1.29, 1.82) is 0 Å². The van der Waals surface area contributed by atoms with Gasteiger partial charge in [-0.25, -0.2) is 14.5 Å². The molecule has 2 rings (SSSR count). The van der Waals surface area contributed by atoms with Crippen molar-refractivity contribution in [2.75, 3.05) is 11.4 Å². The van der Waals surface area contributed by atoms with Crippen molar-refractivity contribution in [2.24, 2.45) is 5.73 Å². The maximum Gasteiger partial charge on any atom is 0.488 e. The summed E-state index contributed by atoms with van der Waals surface area (Å²) in [5.41, 5.74) is 4.99. The summed E-state index contributed by atoms with van der Waals surface area (Å²) in [6.07, 6.45) is -7.54. The highest BCUT2D eigenvalue weighted by Crippen LogP contribution is 2.32. The Morgan fingerprint density at radius 2 is 1.90 bits per heavy atom. The molecular weight excluding hydrogens is 279 g/mol. The molecular formula is C11H10F3N3O3. The minimum Gasteiger partial charge on any atom is -0.423 e. The van der Waals surface area contributed by atoms with Gasteiger partial charge in [0.25, 0.3) is 0 Å². The summed E-state index contributed by atoms with van der Waals surface area (Å²) in [7, 11) is 0. The van der Waals surface area contributed by atoms with Crippen molar-refractivity contribution in [1.82, 2.24) is 4.90 Å². The Morgan fingerprint density at radius 3 is 2.40 bits per heavy atom. The average Bonchev–Trinajstić information content (AvgIpc) is 2.66. The SMILES string of the molecule is NC(=O)OC1CN(C(F)(F)F)C(=O)N1c1ccccc1. The summed E-state index contributed by atoms with van der Waals surface area (Å²) in [6.45, 7) is -0.833. The molecule has 2 N–H and O–H groups in total. The van der Waals surface area contributed by atoms with E-state index in [9.17, 15) is 22.8 Å². The summed E-state index contributed by atoms with van der Waals surface area (Å²) in [4.78, 5) is 23.0. The number of halogens is 3. The third-order valence-corrected chi connectivity index (χ3v) is 2.66. The van der Waals surface area contributed by atoms with Gasteiger partial charge in [-0.2, -0.15) is 0 Å². The second-order valence-corrected chi connectivity index (χ2v) is 3.96. The molecule has 0 saturated carbocycles. The van der Waals surface area contributed by atoms with Crippen LogP contribution in [0.1, 0.15) is 0 Å². The van der Waals surface area contributed by atoms with Gasteiger partial charge in [0.15, 0.2) is 0 Å². The zero-order valence-corrected chi connectivity index (χ0v) is 10.0. The number of nitrogens with two attached hydrogens (primary N) is 1. The Morgan fingerprint density at radius 1 is 1.30 bits per heavy atom. The standard InChI is InChI=1S/C11H10F3N3O3/c12-11(13,14)16-6-8(20-9(15)18)17(10(16)19)7-4-2-1-3-5-7/h1-5,8H,6H2,(H2,15,18). The molecule has 1 heterocycles. The highest BCUT2D eigenvalue weighted by molar-refractivity contribution is 5.95. The van der Waals surface area contributed by atoms with Crippen molar-refractivity contribution in [3.8, 4) is 0 Å². The van der Waals surface area contributed by atoms with Crippen LogP contribution in [0.4, 0.5) is 28.4 Å². The lowest BCUT2D eigenvalue weighted by Gasteiger charge is -2.22. The number of hydrogen-bond acceptors (Lipinski definition) is 3. The fourth-order valence-electron chi connectivity index (χ4n) is 1.87. The van der Waals surface area contributed by atoms with E-state index < -0.39 is 31.2 Å². The van der Waals surface area contributed by atoms with Crippen LogP contribution in [0.25, 0.3) is 0 Å². The molecule has 1 unspecified atom stereocenters. The third-order valence-electron chi connectivity index (χ3n) is 2.66. The number of anilines is 1. The zero-order valence-electron chi connectivity index (χ0n) is 10.0. The maximum atomic E-state index is 12.7. The topological polar surface area (TPSA) is 75.9 Å². The Labute approximate surface area is 111 Å². The first-order chi connectivity index (χ1) is 9.30. The molecule has 1 aromatic rings. The summed E-state index contributed by atoms with van der Waals surface area (Å²) in [5, 5.41) is 0. The highest BCUT2D eigenvalue weighted by atomic mass is 19.4. The van der Waals surface area contributed by atoms with Gasteiger partial charge in [-0.15, -0.1) is 13.2 Å². The maximum absolute atomic E-state index is 12.7. The lowest BCUT2D eigenvalue weighted by atomic mass is 10.3. The van der Waals surface area contributed by atoms with Gasteiger partial charge in [0.2, 0.25) is 6.23 Å². The summed E-state index contributed by atoms with van der Waals surface area (Å²) in [6, 6.07) is 6.25. The number of nitrogens with zero attached hydrogens (tertiary/aromatic N) is 2. The molecule has 20 heavy (non-hydrogen) atoms. The van der Waals surface area contributed by atoms with Crippen LogP contribution in [0.5, 0.6) is 0 Å². The number of carbonyl (C=O) groups excluding carboxylic acids is 2. The molecule has 1 fully saturated rings. The van der Waals surface area contributed by atoms with E-state index in [-0.39, 0.29) is 10.6 Å². The van der Waals surface area contributed by atoms with Crippen molar-refractivity contribution in [3.63, 3.8) is 0 Å². The first kappa shape index (κ1) is 14.0. The van der Waals surface area contributed by atoms with Gasteiger partial charge in [-0.05, 0) is 12.1 Å². The number of urea groups is 1. The summed E-state index contributed by atoms with van der Waals surface area (Å²) < 4.78 is 42.7. The van der Waals surface area contributed by atoms with E-state index >= 15 is 0 Å². The molecule has 0 bridgehead atoms. The highest BCUT2D eigenvalue weighted by Gasteiger charge is 2.52. The van der Waals surface area contributed by atoms with Gasteiger partial charge >= 0.3 is 18.4 Å². The van der Waals surface area contributed by atoms with Crippen LogP contribution in [0.2, 0.25) is 0 Å². The predicted octanol–water partition coefficient (Wildman–Crippen LogP) is 1.87. The smallest absolute Gasteiger partial charge is 0.423 e. The molecule has 1 saturated heterocycles. The van der Waals surface area contributed by atoms with E-state index in [0.717, 1.165) is 4.90 Å². The minimum atomic E-state index is -4.86. The number of alkyl halides is 3. The van der Waals surface area contributed by atoms with Gasteiger partial charge in [0.1, 0.15) is 0 Å². The van der Waals surface area contributed by atoms with Crippen LogP contribution in [0.3, 0.4) is 0 Å². The minimum absolute atomic E-state index is 0.176. The average molecular weight is 289 g/mol. The number of para-hydroxylation sites is 1. The number of carbonyl (C=O) groups is 2. The van der Waals surface area contributed by atoms with Gasteiger partial charge in [-0.3, -0.25) is 4.90 Å². The van der Waals surface area contributed by atoms with Gasteiger partial charge in [-0.1, -0.05) is 18.2 Å². The second-order valence-electron chi connectivity index (χ2n) is 3.96. The molecule has 6 nitrogen and oxygen atoms in total. The van der Waals surface area contributed by atoms with Crippen LogP contribution in [0.15, 0.2) is 30.3 Å². The molecule has 0 aromatic heterocycles. The first-order valence-corrected chi connectivity index (χ1v) is 5.49. The summed E-state index contributed by atoms with van der Waals surface area (Å²) >= 11 is 0. The number of primary amides is 1. The van der Waals surface area contributed by atoms with E-state index in [1.54, 1.807) is 18.2 Å². The number of amides is 3. The van der Waals surface area contributed by atoms with Crippen molar-refractivity contribution < 1.29 is 27.5 Å². The van der Waals surface area contributed by atoms with Crippen molar-refractivity contribution >= 4 is 17.8 Å². The van der Waals surface area contributed by atoms with Gasteiger partial charge < -0.3 is 10.5 Å². The molecule has 1 aromatic carbocycles. The molecule has 0 spiro atoms. The Kier molecular flexibility index (Phi) is 3.43. The van der Waals surface area contributed by atoms with Crippen LogP contribution in [-0.4, -0.2) is 36.1 Å². The molecule has 108 valence electrons. The van der Waals surface area contributed by atoms with Crippen molar-refractivity contribution in [2.45, 2.75) is 12.5 Å². The predicted molar refractivity (Wildman–Crippen MR) is 61.5 cm³/mol. The van der Waals surface area contributed by atoms with Crippen LogP contribution in [-0.2, 0) is 4.74 Å². The van der Waals surface area contributed by atoms with E-state index in [4.69, 9.17) is 5.73 Å². The quantitative estimate of drug-likeness (QED) is 0.844. The normalized spacial score (nSPS) is 19.4. The molecule has 0 radical (unpaired) electrons. The van der Waals surface area contributed by atoms with E-state index in [0.29, 0.717) is 0 Å². The fourth-order valence-corrected chi connectivity index (χ4v) is 1.87. The van der Waals surface area contributed by atoms with E-state index in [2.05, 4.69) is 4.74 Å². The molecule has 9 heteroatoms. The lowest BCUT2D eigenvalue weighted by Crippen LogP contribution is -2.41. The summed E-state index contributed by atoms with van der Waals surface area (Å²) in [5.74, 6) is 0. The number of rotatable bonds is 2. The molecule has 3 amide bonds. The van der Waals surface area contributed by atoms with Crippen LogP contribution >= 0.6 is 0 Å². The van der Waals surface area contributed by atoms with Gasteiger partial charge in [0.05, 0.1) is 6.54 Å². The second kappa shape index (κ2) is 4.91.